The van der Waals surface area contributed by atoms with Crippen LogP contribution in [0.5, 0.6) is 0 Å². The van der Waals surface area contributed by atoms with Crippen LogP contribution < -0.4 is 0 Å². The highest BCUT2D eigenvalue weighted by atomic mass is 19.1. The molecule has 2 aromatic heterocycles. The summed E-state index contributed by atoms with van der Waals surface area (Å²) in [5.41, 5.74) is 15.0. The molecule has 0 aliphatic heterocycles. The molecule has 0 radical (unpaired) electrons. The third-order valence-corrected chi connectivity index (χ3v) is 14.4. The molecule has 7 aromatic carbocycles. The molecule has 0 bridgehead atoms. The molecule has 0 saturated heterocycles. The zero-order valence-corrected chi connectivity index (χ0v) is 34.3. The molecule has 9 aromatic rings. The van der Waals surface area contributed by atoms with Crippen LogP contribution in [0.3, 0.4) is 0 Å². The number of para-hydroxylation sites is 2. The highest BCUT2D eigenvalue weighted by molar-refractivity contribution is 6.13. The lowest BCUT2D eigenvalue weighted by Crippen LogP contribution is -2.28. The van der Waals surface area contributed by atoms with Gasteiger partial charge in [-0.2, -0.15) is 10.5 Å². The summed E-state index contributed by atoms with van der Waals surface area (Å²) in [5, 5.41) is 25.4. The van der Waals surface area contributed by atoms with E-state index in [2.05, 4.69) is 146 Å². The summed E-state index contributed by atoms with van der Waals surface area (Å²) in [6.07, 6.45) is 3.03. The first kappa shape index (κ1) is 35.5. The third kappa shape index (κ3) is 4.51. The molecule has 4 nitrogen and oxygen atoms in total. The standard InChI is InChI=1S/C56H39FN4/c1-55(2)43-22-12-8-18-33(43)37-26-39-35-20-10-14-24-47(35)60(49(39)28-45(37)55)53-41(30-58)52(57)42(31-59)54(51(53)32-16-6-5-7-17-32)61-48-25-15-11-21-36(48)40-27-38-34-19-9-13-23-44(34)56(3,4)46(38)29-50(40)61/h5-28,46H,29H2,1-4H3. The van der Waals surface area contributed by atoms with Crippen molar-refractivity contribution in [1.29, 1.82) is 10.5 Å². The molecule has 3 aliphatic carbocycles. The summed E-state index contributed by atoms with van der Waals surface area (Å²) >= 11 is 0. The maximum atomic E-state index is 17.9. The Labute approximate surface area is 353 Å². The number of rotatable bonds is 3. The van der Waals surface area contributed by atoms with E-state index in [1.165, 1.54) is 39.0 Å². The predicted octanol–water partition coefficient (Wildman–Crippen LogP) is 13.6. The minimum Gasteiger partial charge on any atom is -0.311 e. The lowest BCUT2D eigenvalue weighted by Gasteiger charge is -2.32. The van der Waals surface area contributed by atoms with Crippen LogP contribution in [0.25, 0.3) is 78.0 Å². The van der Waals surface area contributed by atoms with E-state index in [0.717, 1.165) is 49.5 Å². The Morgan fingerprint density at radius 3 is 1.89 bits per heavy atom. The minimum atomic E-state index is -0.818. The Morgan fingerprint density at radius 2 is 1.16 bits per heavy atom. The fourth-order valence-electron chi connectivity index (χ4n) is 11.5. The van der Waals surface area contributed by atoms with Crippen LogP contribution >= 0.6 is 0 Å². The van der Waals surface area contributed by atoms with E-state index in [0.29, 0.717) is 23.4 Å². The predicted molar refractivity (Wildman–Crippen MR) is 245 cm³/mol. The quantitative estimate of drug-likeness (QED) is 0.179. The number of halogens is 1. The first-order valence-corrected chi connectivity index (χ1v) is 21.0. The molecule has 0 spiro atoms. The summed E-state index contributed by atoms with van der Waals surface area (Å²) in [5.74, 6) is -0.664. The molecule has 61 heavy (non-hydrogen) atoms. The maximum Gasteiger partial charge on any atom is 0.163 e. The van der Waals surface area contributed by atoms with Gasteiger partial charge in [0, 0.05) is 38.4 Å². The highest BCUT2D eigenvalue weighted by Gasteiger charge is 2.46. The highest BCUT2D eigenvalue weighted by Crippen LogP contribution is 2.57. The molecular formula is C56H39FN4. The number of benzene rings is 7. The largest absolute Gasteiger partial charge is 0.311 e. The number of allylic oxidation sites excluding steroid dienone is 1. The van der Waals surface area contributed by atoms with Crippen LogP contribution in [0.4, 0.5) is 4.39 Å². The molecule has 3 aliphatic rings. The molecular weight excluding hydrogens is 748 g/mol. The van der Waals surface area contributed by atoms with Crippen molar-refractivity contribution in [3.63, 3.8) is 0 Å². The summed E-state index contributed by atoms with van der Waals surface area (Å²) < 4.78 is 22.1. The van der Waals surface area contributed by atoms with Crippen molar-refractivity contribution in [2.45, 2.75) is 44.9 Å². The topological polar surface area (TPSA) is 57.4 Å². The van der Waals surface area contributed by atoms with Crippen LogP contribution in [0.15, 0.2) is 140 Å². The van der Waals surface area contributed by atoms with Crippen LogP contribution in [0.2, 0.25) is 0 Å². The third-order valence-electron chi connectivity index (χ3n) is 14.4. The van der Waals surface area contributed by atoms with E-state index in [9.17, 15) is 10.5 Å². The zero-order chi connectivity index (χ0) is 41.5. The van der Waals surface area contributed by atoms with Gasteiger partial charge < -0.3 is 9.13 Å². The smallest absolute Gasteiger partial charge is 0.163 e. The van der Waals surface area contributed by atoms with Gasteiger partial charge in [0.05, 0.1) is 27.9 Å². The Morgan fingerprint density at radius 1 is 0.574 bits per heavy atom. The molecule has 0 saturated carbocycles. The molecule has 5 heteroatoms. The lowest BCUT2D eigenvalue weighted by molar-refractivity contribution is 0.405. The monoisotopic (exact) mass is 786 g/mol. The Bertz CT molecular complexity index is 3540. The summed E-state index contributed by atoms with van der Waals surface area (Å²) in [7, 11) is 0. The molecule has 2 heterocycles. The van der Waals surface area contributed by atoms with Crippen molar-refractivity contribution in [3.05, 3.63) is 190 Å². The van der Waals surface area contributed by atoms with Gasteiger partial charge in [-0.15, -0.1) is 0 Å². The Balaban J connectivity index is 1.25. The lowest BCUT2D eigenvalue weighted by atomic mass is 9.73. The van der Waals surface area contributed by atoms with Gasteiger partial charge in [0.2, 0.25) is 0 Å². The first-order chi connectivity index (χ1) is 29.6. The van der Waals surface area contributed by atoms with E-state index >= 15 is 4.39 Å². The van der Waals surface area contributed by atoms with Crippen molar-refractivity contribution >= 4 is 44.4 Å². The summed E-state index contributed by atoms with van der Waals surface area (Å²) in [6, 6.07) is 52.9. The van der Waals surface area contributed by atoms with Gasteiger partial charge in [-0.05, 0) is 92.6 Å². The minimum absolute atomic E-state index is 0.148. The van der Waals surface area contributed by atoms with Crippen LogP contribution in [-0.2, 0) is 17.3 Å². The molecule has 0 amide bonds. The average Bonchev–Trinajstić information content (AvgIpc) is 3.93. The van der Waals surface area contributed by atoms with E-state index in [1.54, 1.807) is 0 Å². The summed E-state index contributed by atoms with van der Waals surface area (Å²) in [6.45, 7) is 9.17. The van der Waals surface area contributed by atoms with Gasteiger partial charge in [0.1, 0.15) is 23.3 Å². The van der Waals surface area contributed by atoms with Crippen molar-refractivity contribution < 1.29 is 4.39 Å². The van der Waals surface area contributed by atoms with Crippen molar-refractivity contribution in [1.82, 2.24) is 9.13 Å². The van der Waals surface area contributed by atoms with Crippen LogP contribution in [0, 0.1) is 34.4 Å². The second-order valence-electron chi connectivity index (χ2n) is 18.0. The molecule has 0 fully saturated rings. The fraction of sp³-hybridized carbons (Fsp3) is 0.143. The molecule has 0 N–H and O–H groups in total. The van der Waals surface area contributed by atoms with E-state index in [4.69, 9.17) is 0 Å². The van der Waals surface area contributed by atoms with E-state index < -0.39 is 5.82 Å². The SMILES string of the molecule is CC1(C)c2ccccc2-c2cc3c4ccccc4n(-c4c(C#N)c(F)c(C#N)c(-n5c6c(c7ccccc75)C=C5c7ccccc7C(C)(C)C5C6)c4-c4ccccc4)c3cc21. The molecule has 1 unspecified atom stereocenters. The van der Waals surface area contributed by atoms with Gasteiger partial charge in [0.15, 0.2) is 5.82 Å². The Hall–Kier alpha value is -7.47. The molecule has 1 atom stereocenters. The number of aromatic nitrogens is 2. The second-order valence-corrected chi connectivity index (χ2v) is 18.0. The van der Waals surface area contributed by atoms with E-state index in [-0.39, 0.29) is 27.9 Å². The van der Waals surface area contributed by atoms with Crippen LogP contribution in [-0.4, -0.2) is 9.13 Å². The number of hydrogen-bond acceptors (Lipinski definition) is 2. The first-order valence-electron chi connectivity index (χ1n) is 21.0. The normalized spacial score (nSPS) is 16.4. The van der Waals surface area contributed by atoms with Gasteiger partial charge in [-0.25, -0.2) is 4.39 Å². The van der Waals surface area contributed by atoms with Crippen molar-refractivity contribution in [2.75, 3.05) is 0 Å². The van der Waals surface area contributed by atoms with Gasteiger partial charge >= 0.3 is 0 Å². The van der Waals surface area contributed by atoms with E-state index in [1.807, 2.05) is 48.5 Å². The van der Waals surface area contributed by atoms with Crippen LogP contribution in [0.1, 0.15) is 72.3 Å². The van der Waals surface area contributed by atoms with Gasteiger partial charge in [-0.1, -0.05) is 143 Å². The van der Waals surface area contributed by atoms with Gasteiger partial charge in [0.25, 0.3) is 0 Å². The summed E-state index contributed by atoms with van der Waals surface area (Å²) in [4.78, 5) is 0. The van der Waals surface area contributed by atoms with Crippen molar-refractivity contribution in [2.24, 2.45) is 5.92 Å². The fourth-order valence-corrected chi connectivity index (χ4v) is 11.5. The van der Waals surface area contributed by atoms with Gasteiger partial charge in [-0.3, -0.25) is 0 Å². The average molecular weight is 787 g/mol. The van der Waals surface area contributed by atoms with Crippen molar-refractivity contribution in [3.8, 4) is 45.8 Å². The molecule has 290 valence electrons. The zero-order valence-electron chi connectivity index (χ0n) is 34.3. The molecule has 12 rings (SSSR count). The number of nitrogens with zero attached hydrogens (tertiary/aromatic N) is 4. The second kappa shape index (κ2) is 12.3. The Kier molecular flexibility index (Phi) is 7.15. The number of nitriles is 2. The number of hydrogen-bond donors (Lipinski definition) is 0. The maximum absolute atomic E-state index is 17.9. The number of fused-ring (bicyclic) bond motifs is 12.